The van der Waals surface area contributed by atoms with Crippen molar-refractivity contribution in [2.24, 2.45) is 5.92 Å². The van der Waals surface area contributed by atoms with E-state index in [9.17, 15) is 4.79 Å². The zero-order valence-corrected chi connectivity index (χ0v) is 19.1. The number of nitrogens with zero attached hydrogens (tertiary/aromatic N) is 4. The molecule has 8 heteroatoms. The molecule has 1 amide bonds. The Labute approximate surface area is 187 Å². The summed E-state index contributed by atoms with van der Waals surface area (Å²) in [5, 5.41) is 7.90. The fourth-order valence-corrected chi connectivity index (χ4v) is 4.32. The molecule has 1 saturated heterocycles. The van der Waals surface area contributed by atoms with Crippen LogP contribution in [-0.4, -0.2) is 44.3 Å². The summed E-state index contributed by atoms with van der Waals surface area (Å²) in [6, 6.07) is 12.1. The van der Waals surface area contributed by atoms with Crippen LogP contribution in [0.15, 0.2) is 47.1 Å². The normalized spacial score (nSPS) is 15.5. The highest BCUT2D eigenvalue weighted by molar-refractivity contribution is 7.71. The fourth-order valence-electron chi connectivity index (χ4n) is 4.03. The number of hydrogen-bond donors (Lipinski definition) is 1. The van der Waals surface area contributed by atoms with Gasteiger partial charge in [0.05, 0.1) is 18.5 Å². The Hall–Kier alpha value is -2.71. The first-order valence-electron chi connectivity index (χ1n) is 10.8. The number of amides is 1. The summed E-state index contributed by atoms with van der Waals surface area (Å²) in [5.74, 6) is 1.82. The lowest BCUT2D eigenvalue weighted by Crippen LogP contribution is -2.42. The van der Waals surface area contributed by atoms with E-state index in [1.165, 1.54) is 0 Å². The van der Waals surface area contributed by atoms with Crippen molar-refractivity contribution in [3.8, 4) is 17.1 Å². The van der Waals surface area contributed by atoms with E-state index in [0.717, 1.165) is 48.8 Å². The smallest absolute Gasteiger partial charge is 0.223 e. The van der Waals surface area contributed by atoms with Gasteiger partial charge in [0, 0.05) is 30.7 Å². The van der Waals surface area contributed by atoms with Gasteiger partial charge in [-0.25, -0.2) is 4.68 Å². The standard InChI is InChI=1S/C23H29N5O2S/c1-16(2)24-22(29)18-9-12-26(13-10-18)15-27-23(31)28(19-7-5-4-6-8-19)21(25-27)20-11-14-30-17(20)3/h4-8,11,14,16,18H,9-10,12-13,15H2,1-3H3,(H,24,29). The predicted molar refractivity (Wildman–Crippen MR) is 122 cm³/mol. The number of furan rings is 1. The Bertz CT molecular complexity index is 1090. The number of carbonyl (C=O) groups is 1. The number of aryl methyl sites for hydroxylation is 1. The van der Waals surface area contributed by atoms with Crippen LogP contribution in [-0.2, 0) is 11.5 Å². The number of piperidine rings is 1. The minimum Gasteiger partial charge on any atom is -0.469 e. The van der Waals surface area contributed by atoms with Crippen molar-refractivity contribution in [3.63, 3.8) is 0 Å². The van der Waals surface area contributed by atoms with Gasteiger partial charge in [0.2, 0.25) is 10.7 Å². The summed E-state index contributed by atoms with van der Waals surface area (Å²) < 4.78 is 10.0. The highest BCUT2D eigenvalue weighted by Crippen LogP contribution is 2.27. The van der Waals surface area contributed by atoms with E-state index in [1.807, 2.05) is 66.4 Å². The molecule has 1 aliphatic heterocycles. The molecule has 3 heterocycles. The number of carbonyl (C=O) groups excluding carboxylic acids is 1. The van der Waals surface area contributed by atoms with Crippen molar-refractivity contribution in [2.45, 2.75) is 46.3 Å². The summed E-state index contributed by atoms with van der Waals surface area (Å²) in [6.07, 6.45) is 3.37. The Morgan fingerprint density at radius 1 is 1.23 bits per heavy atom. The van der Waals surface area contributed by atoms with Crippen LogP contribution in [0.1, 0.15) is 32.4 Å². The van der Waals surface area contributed by atoms with Gasteiger partial charge in [-0.1, -0.05) is 18.2 Å². The molecule has 1 aromatic carbocycles. The summed E-state index contributed by atoms with van der Waals surface area (Å²) in [6.45, 7) is 8.21. The molecule has 1 N–H and O–H groups in total. The van der Waals surface area contributed by atoms with Crippen molar-refractivity contribution in [1.29, 1.82) is 0 Å². The van der Waals surface area contributed by atoms with Gasteiger partial charge < -0.3 is 9.73 Å². The molecule has 3 aromatic rings. The molecule has 0 unspecified atom stereocenters. The van der Waals surface area contributed by atoms with Crippen LogP contribution in [0.2, 0.25) is 0 Å². The van der Waals surface area contributed by atoms with Gasteiger partial charge in [0.25, 0.3) is 0 Å². The van der Waals surface area contributed by atoms with Gasteiger partial charge in [-0.3, -0.25) is 14.3 Å². The molecule has 0 aliphatic carbocycles. The maximum absolute atomic E-state index is 12.3. The molecule has 0 saturated carbocycles. The van der Waals surface area contributed by atoms with E-state index in [0.29, 0.717) is 11.4 Å². The average molecular weight is 440 g/mol. The van der Waals surface area contributed by atoms with E-state index >= 15 is 0 Å². The Morgan fingerprint density at radius 3 is 2.55 bits per heavy atom. The van der Waals surface area contributed by atoms with Crippen molar-refractivity contribution in [2.75, 3.05) is 13.1 Å². The first-order valence-corrected chi connectivity index (χ1v) is 11.2. The molecule has 1 fully saturated rings. The summed E-state index contributed by atoms with van der Waals surface area (Å²) in [7, 11) is 0. The predicted octanol–water partition coefficient (Wildman–Crippen LogP) is 4.17. The Morgan fingerprint density at radius 2 is 1.94 bits per heavy atom. The molecule has 2 aromatic heterocycles. The summed E-state index contributed by atoms with van der Waals surface area (Å²) in [5.41, 5.74) is 1.90. The highest BCUT2D eigenvalue weighted by Gasteiger charge is 2.26. The van der Waals surface area contributed by atoms with Crippen LogP contribution in [0.4, 0.5) is 0 Å². The van der Waals surface area contributed by atoms with Crippen LogP contribution < -0.4 is 5.32 Å². The second kappa shape index (κ2) is 9.20. The van der Waals surface area contributed by atoms with Crippen LogP contribution in [0.25, 0.3) is 17.1 Å². The number of benzene rings is 1. The molecular formula is C23H29N5O2S. The molecule has 31 heavy (non-hydrogen) atoms. The molecule has 4 rings (SSSR count). The maximum Gasteiger partial charge on any atom is 0.223 e. The van der Waals surface area contributed by atoms with Crippen LogP contribution in [0.5, 0.6) is 0 Å². The van der Waals surface area contributed by atoms with Gasteiger partial charge in [0.15, 0.2) is 5.82 Å². The number of likely N-dealkylation sites (tertiary alicyclic amines) is 1. The third kappa shape index (κ3) is 4.65. The lowest BCUT2D eigenvalue weighted by molar-refractivity contribution is -0.127. The SMILES string of the molecule is Cc1occc1-c1nn(CN2CCC(C(=O)NC(C)C)CC2)c(=S)n1-c1ccccc1. The van der Waals surface area contributed by atoms with Crippen molar-refractivity contribution >= 4 is 18.1 Å². The number of para-hydroxylation sites is 1. The Balaban J connectivity index is 1.56. The number of hydrogen-bond acceptors (Lipinski definition) is 5. The Kier molecular flexibility index (Phi) is 6.38. The van der Waals surface area contributed by atoms with E-state index in [2.05, 4.69) is 10.2 Å². The van der Waals surface area contributed by atoms with Gasteiger partial charge in [-0.05, 0) is 64.0 Å². The lowest BCUT2D eigenvalue weighted by atomic mass is 9.96. The number of rotatable bonds is 6. The fraction of sp³-hybridized carbons (Fsp3) is 0.435. The minimum atomic E-state index is 0.0811. The van der Waals surface area contributed by atoms with Gasteiger partial charge in [0.1, 0.15) is 5.76 Å². The van der Waals surface area contributed by atoms with Gasteiger partial charge >= 0.3 is 0 Å². The van der Waals surface area contributed by atoms with Gasteiger partial charge in [-0.2, -0.15) is 0 Å². The molecule has 0 radical (unpaired) electrons. The van der Waals surface area contributed by atoms with Crippen LogP contribution in [0, 0.1) is 17.6 Å². The first kappa shape index (κ1) is 21.5. The van der Waals surface area contributed by atoms with E-state index < -0.39 is 0 Å². The van der Waals surface area contributed by atoms with E-state index in [1.54, 1.807) is 6.26 Å². The first-order chi connectivity index (χ1) is 14.9. The zero-order chi connectivity index (χ0) is 22.0. The minimum absolute atomic E-state index is 0.0811. The molecule has 7 nitrogen and oxygen atoms in total. The molecule has 0 bridgehead atoms. The second-order valence-electron chi connectivity index (χ2n) is 8.36. The molecule has 164 valence electrons. The average Bonchev–Trinajstić information content (AvgIpc) is 3.31. The van der Waals surface area contributed by atoms with Crippen molar-refractivity contribution in [1.82, 2.24) is 24.6 Å². The second-order valence-corrected chi connectivity index (χ2v) is 8.73. The molecule has 0 atom stereocenters. The topological polar surface area (TPSA) is 68.2 Å². The number of nitrogens with one attached hydrogen (secondary N) is 1. The third-order valence-electron chi connectivity index (χ3n) is 5.68. The summed E-state index contributed by atoms with van der Waals surface area (Å²) >= 11 is 5.83. The monoisotopic (exact) mass is 439 g/mol. The summed E-state index contributed by atoms with van der Waals surface area (Å²) in [4.78, 5) is 14.6. The highest BCUT2D eigenvalue weighted by atomic mass is 32.1. The van der Waals surface area contributed by atoms with Crippen LogP contribution in [0.3, 0.4) is 0 Å². The lowest BCUT2D eigenvalue weighted by Gasteiger charge is -2.31. The van der Waals surface area contributed by atoms with Gasteiger partial charge in [-0.15, -0.1) is 5.10 Å². The van der Waals surface area contributed by atoms with E-state index in [-0.39, 0.29) is 17.9 Å². The molecule has 1 aliphatic rings. The van der Waals surface area contributed by atoms with Crippen LogP contribution >= 0.6 is 12.2 Å². The van der Waals surface area contributed by atoms with Crippen molar-refractivity contribution < 1.29 is 9.21 Å². The maximum atomic E-state index is 12.3. The molecule has 0 spiro atoms. The quantitative estimate of drug-likeness (QED) is 0.584. The van der Waals surface area contributed by atoms with Crippen molar-refractivity contribution in [3.05, 3.63) is 53.2 Å². The largest absolute Gasteiger partial charge is 0.469 e. The number of aromatic nitrogens is 3. The van der Waals surface area contributed by atoms with E-state index in [4.69, 9.17) is 21.7 Å². The third-order valence-corrected chi connectivity index (χ3v) is 6.07. The molecular weight excluding hydrogens is 410 g/mol. The zero-order valence-electron chi connectivity index (χ0n) is 18.2.